The van der Waals surface area contributed by atoms with Crippen molar-refractivity contribution in [1.82, 2.24) is 19.4 Å². The summed E-state index contributed by atoms with van der Waals surface area (Å²) in [4.78, 5) is 15.9. The number of nitrogens with two attached hydrogens (primary N) is 2. The SMILES string of the molecule is CC[C@H](C)c1nc2c(CCC[NH+]=C(N)N)nc(-c3c[nH]c4ccccc34)cn2c1O. The van der Waals surface area contributed by atoms with Gasteiger partial charge in [0.15, 0.2) is 5.65 Å². The first-order valence-electron chi connectivity index (χ1n) is 10.3. The van der Waals surface area contributed by atoms with E-state index in [4.69, 9.17) is 21.4 Å². The molecular weight excluding hydrogens is 378 g/mol. The molecule has 7 N–H and O–H groups in total. The zero-order chi connectivity index (χ0) is 21.3. The number of aryl methyl sites for hydroxylation is 1. The molecule has 1 aromatic carbocycles. The minimum atomic E-state index is 0.155. The number of nitrogens with zero attached hydrogens (tertiary/aromatic N) is 3. The lowest BCUT2D eigenvalue weighted by atomic mass is 10.1. The molecule has 3 heterocycles. The molecule has 3 aromatic heterocycles. The second kappa shape index (κ2) is 8.06. The molecule has 8 heteroatoms. The van der Waals surface area contributed by atoms with Crippen LogP contribution in [0.3, 0.4) is 0 Å². The number of H-pyrrole nitrogens is 1. The minimum Gasteiger partial charge on any atom is -0.493 e. The number of fused-ring (bicyclic) bond motifs is 2. The van der Waals surface area contributed by atoms with Crippen LogP contribution in [0.4, 0.5) is 0 Å². The monoisotopic (exact) mass is 406 g/mol. The molecule has 156 valence electrons. The Kier molecular flexibility index (Phi) is 5.31. The Hall–Kier alpha value is -3.55. The van der Waals surface area contributed by atoms with Crippen molar-refractivity contribution in [2.24, 2.45) is 11.5 Å². The lowest BCUT2D eigenvalue weighted by Gasteiger charge is -2.07. The van der Waals surface area contributed by atoms with Crippen molar-refractivity contribution in [2.75, 3.05) is 6.54 Å². The summed E-state index contributed by atoms with van der Waals surface area (Å²) in [5.74, 6) is 0.544. The van der Waals surface area contributed by atoms with Gasteiger partial charge in [-0.3, -0.25) is 20.9 Å². The second-order valence-corrected chi connectivity index (χ2v) is 7.63. The molecule has 0 saturated heterocycles. The lowest BCUT2D eigenvalue weighted by molar-refractivity contribution is -0.459. The Balaban J connectivity index is 1.85. The van der Waals surface area contributed by atoms with Gasteiger partial charge in [0.05, 0.1) is 17.9 Å². The van der Waals surface area contributed by atoms with Gasteiger partial charge in [0.1, 0.15) is 5.69 Å². The normalized spacial score (nSPS) is 12.5. The minimum absolute atomic E-state index is 0.155. The van der Waals surface area contributed by atoms with Crippen molar-refractivity contribution >= 4 is 22.5 Å². The van der Waals surface area contributed by atoms with Crippen molar-refractivity contribution in [3.8, 4) is 17.1 Å². The fourth-order valence-corrected chi connectivity index (χ4v) is 3.71. The Morgan fingerprint density at radius 3 is 2.83 bits per heavy atom. The lowest BCUT2D eigenvalue weighted by Crippen LogP contribution is -2.78. The highest BCUT2D eigenvalue weighted by atomic mass is 16.3. The molecule has 8 nitrogen and oxygen atoms in total. The zero-order valence-corrected chi connectivity index (χ0v) is 17.3. The first kappa shape index (κ1) is 19.8. The Labute approximate surface area is 174 Å². The Bertz CT molecular complexity index is 1220. The summed E-state index contributed by atoms with van der Waals surface area (Å²) in [6.45, 7) is 4.79. The van der Waals surface area contributed by atoms with Gasteiger partial charge in [-0.2, -0.15) is 0 Å². The highest BCUT2D eigenvalue weighted by Crippen LogP contribution is 2.33. The number of aromatic hydroxyl groups is 1. The summed E-state index contributed by atoms with van der Waals surface area (Å²) >= 11 is 0. The van der Waals surface area contributed by atoms with Gasteiger partial charge in [0, 0.05) is 34.8 Å². The number of nitrogens with one attached hydrogen (secondary N) is 2. The topological polar surface area (TPSA) is 132 Å². The maximum Gasteiger partial charge on any atom is 0.338 e. The molecule has 1 atom stereocenters. The van der Waals surface area contributed by atoms with Crippen LogP contribution in [-0.2, 0) is 6.42 Å². The van der Waals surface area contributed by atoms with Gasteiger partial charge in [-0.1, -0.05) is 32.0 Å². The van der Waals surface area contributed by atoms with Gasteiger partial charge in [-0.05, 0) is 25.3 Å². The van der Waals surface area contributed by atoms with E-state index in [2.05, 4.69) is 29.9 Å². The summed E-state index contributed by atoms with van der Waals surface area (Å²) < 4.78 is 1.76. The number of para-hydroxylation sites is 1. The third-order valence-corrected chi connectivity index (χ3v) is 5.54. The number of imidazole rings is 1. The predicted molar refractivity (Wildman–Crippen MR) is 118 cm³/mol. The van der Waals surface area contributed by atoms with E-state index in [9.17, 15) is 5.11 Å². The van der Waals surface area contributed by atoms with Crippen LogP contribution in [0.25, 0.3) is 27.8 Å². The Morgan fingerprint density at radius 1 is 1.27 bits per heavy atom. The highest BCUT2D eigenvalue weighted by Gasteiger charge is 2.21. The van der Waals surface area contributed by atoms with E-state index < -0.39 is 0 Å². The van der Waals surface area contributed by atoms with Crippen molar-refractivity contribution in [3.63, 3.8) is 0 Å². The van der Waals surface area contributed by atoms with Gasteiger partial charge in [0.2, 0.25) is 5.88 Å². The smallest absolute Gasteiger partial charge is 0.338 e. The molecule has 0 aliphatic heterocycles. The molecule has 0 aliphatic carbocycles. The summed E-state index contributed by atoms with van der Waals surface area (Å²) in [5.41, 5.74) is 16.0. The van der Waals surface area contributed by atoms with E-state index in [-0.39, 0.29) is 17.8 Å². The van der Waals surface area contributed by atoms with Gasteiger partial charge < -0.3 is 10.1 Å². The van der Waals surface area contributed by atoms with Crippen molar-refractivity contribution in [1.29, 1.82) is 0 Å². The van der Waals surface area contributed by atoms with E-state index in [1.807, 2.05) is 30.6 Å². The predicted octanol–water partition coefficient (Wildman–Crippen LogP) is 1.38. The average molecular weight is 407 g/mol. The largest absolute Gasteiger partial charge is 0.493 e. The van der Waals surface area contributed by atoms with Crippen molar-refractivity contribution in [2.45, 2.75) is 39.0 Å². The molecule has 0 aliphatic rings. The van der Waals surface area contributed by atoms with E-state index >= 15 is 0 Å². The molecule has 0 amide bonds. The molecule has 0 fully saturated rings. The van der Waals surface area contributed by atoms with Gasteiger partial charge in [-0.15, -0.1) is 0 Å². The summed E-state index contributed by atoms with van der Waals surface area (Å²) in [7, 11) is 0. The average Bonchev–Trinajstić information content (AvgIpc) is 3.32. The third-order valence-electron chi connectivity index (χ3n) is 5.54. The van der Waals surface area contributed by atoms with Crippen LogP contribution in [-0.4, -0.2) is 37.0 Å². The van der Waals surface area contributed by atoms with Crippen LogP contribution < -0.4 is 16.5 Å². The fourth-order valence-electron chi connectivity index (χ4n) is 3.71. The summed E-state index contributed by atoms with van der Waals surface area (Å²) in [5, 5.41) is 12.0. The van der Waals surface area contributed by atoms with Gasteiger partial charge >= 0.3 is 5.96 Å². The van der Waals surface area contributed by atoms with E-state index in [1.54, 1.807) is 4.40 Å². The van der Waals surface area contributed by atoms with Crippen LogP contribution >= 0.6 is 0 Å². The first-order chi connectivity index (χ1) is 14.5. The number of rotatable bonds is 7. The third kappa shape index (κ3) is 3.56. The molecular formula is C22H28N7O+. The van der Waals surface area contributed by atoms with Crippen LogP contribution in [0, 0.1) is 0 Å². The van der Waals surface area contributed by atoms with E-state index in [1.165, 1.54) is 0 Å². The van der Waals surface area contributed by atoms with Crippen LogP contribution in [0.2, 0.25) is 0 Å². The molecule has 4 rings (SSSR count). The fraction of sp³-hybridized carbons (Fsp3) is 0.318. The quantitative estimate of drug-likeness (QED) is 0.180. The maximum absolute atomic E-state index is 10.9. The molecule has 0 spiro atoms. The van der Waals surface area contributed by atoms with Crippen molar-refractivity contribution in [3.05, 3.63) is 48.0 Å². The molecule has 0 bridgehead atoms. The maximum atomic E-state index is 10.9. The number of hydrogen-bond donors (Lipinski definition) is 5. The van der Waals surface area contributed by atoms with E-state index in [0.717, 1.165) is 40.7 Å². The van der Waals surface area contributed by atoms with Crippen LogP contribution in [0.1, 0.15) is 44.0 Å². The van der Waals surface area contributed by atoms with Crippen LogP contribution in [0.15, 0.2) is 36.7 Å². The van der Waals surface area contributed by atoms with Crippen molar-refractivity contribution < 1.29 is 10.1 Å². The summed E-state index contributed by atoms with van der Waals surface area (Å²) in [6.07, 6.45) is 6.18. The van der Waals surface area contributed by atoms with E-state index in [0.29, 0.717) is 24.3 Å². The number of aromatic amines is 1. The first-order valence-corrected chi connectivity index (χ1v) is 10.3. The standard InChI is InChI=1S/C22H27N7O/c1-3-13(2)19-21(30)29-12-18(15-11-26-16-8-5-4-7-14(15)16)27-17(20(29)28-19)9-6-10-25-22(23)24/h4-5,7-8,11-13,26,30H,3,6,9-10H2,1-2H3,(H4,23,24,25)/p+1/t13-/m0/s1. The number of benzene rings is 1. The second-order valence-electron chi connectivity index (χ2n) is 7.63. The molecule has 0 saturated carbocycles. The van der Waals surface area contributed by atoms with Gasteiger partial charge in [-0.25, -0.2) is 9.97 Å². The number of aromatic nitrogens is 4. The Morgan fingerprint density at radius 2 is 2.07 bits per heavy atom. The highest BCUT2D eigenvalue weighted by molar-refractivity contribution is 5.94. The molecule has 0 radical (unpaired) electrons. The molecule has 30 heavy (non-hydrogen) atoms. The zero-order valence-electron chi connectivity index (χ0n) is 17.3. The number of hydrogen-bond acceptors (Lipinski definition) is 3. The van der Waals surface area contributed by atoms with Gasteiger partial charge in [0.25, 0.3) is 0 Å². The summed E-state index contributed by atoms with van der Waals surface area (Å²) in [6, 6.07) is 8.11. The van der Waals surface area contributed by atoms with Crippen LogP contribution in [0.5, 0.6) is 5.88 Å². The molecule has 0 unspecified atom stereocenters. The molecule has 4 aromatic rings. The number of guanidine groups is 1.